The molecule has 0 amide bonds. The van der Waals surface area contributed by atoms with E-state index >= 15 is 0 Å². The van der Waals surface area contributed by atoms with E-state index in [1.165, 1.54) is 12.1 Å². The van der Waals surface area contributed by atoms with Crippen molar-refractivity contribution in [3.8, 4) is 0 Å². The minimum absolute atomic E-state index is 0.257. The van der Waals surface area contributed by atoms with Gasteiger partial charge in [-0.1, -0.05) is 0 Å². The lowest BCUT2D eigenvalue weighted by Crippen LogP contribution is -2.01. The van der Waals surface area contributed by atoms with Gasteiger partial charge in [0.15, 0.2) is 0 Å². The minimum atomic E-state index is -3.59. The lowest BCUT2D eigenvalue weighted by atomic mass is 10.0. The van der Waals surface area contributed by atoms with E-state index in [0.717, 1.165) is 0 Å². The summed E-state index contributed by atoms with van der Waals surface area (Å²) in [5.74, 6) is -0.623. The van der Waals surface area contributed by atoms with Gasteiger partial charge in [0.2, 0.25) is 9.05 Å². The predicted octanol–water partition coefficient (Wildman–Crippen LogP) is 2.51. The smallest absolute Gasteiger partial charge is 0.212 e. The van der Waals surface area contributed by atoms with E-state index in [2.05, 4.69) is 0 Å². The molecular formula is C9H10ClFO2S. The van der Waals surface area contributed by atoms with Gasteiger partial charge >= 0.3 is 0 Å². The van der Waals surface area contributed by atoms with Crippen LogP contribution in [-0.4, -0.2) is 8.42 Å². The van der Waals surface area contributed by atoms with Gasteiger partial charge < -0.3 is 0 Å². The van der Waals surface area contributed by atoms with Crippen molar-refractivity contribution in [1.82, 2.24) is 0 Å². The highest BCUT2D eigenvalue weighted by atomic mass is 35.7. The van der Waals surface area contributed by atoms with Crippen molar-refractivity contribution < 1.29 is 12.8 Å². The molecule has 5 heteroatoms. The summed E-state index contributed by atoms with van der Waals surface area (Å²) in [4.78, 5) is 0. The van der Waals surface area contributed by atoms with Crippen LogP contribution >= 0.6 is 10.7 Å². The molecule has 78 valence electrons. The Kier molecular flexibility index (Phi) is 3.17. The molecule has 0 aliphatic rings. The van der Waals surface area contributed by atoms with E-state index in [1.807, 2.05) is 0 Å². The molecule has 0 bridgehead atoms. The fourth-order valence-corrected chi connectivity index (χ4v) is 2.47. The normalized spacial score (nSPS) is 11.7. The Bertz CT molecular complexity index is 431. The van der Waals surface area contributed by atoms with Crippen LogP contribution in [-0.2, 0) is 14.8 Å². The highest BCUT2D eigenvalue weighted by Crippen LogP contribution is 2.19. The predicted molar refractivity (Wildman–Crippen MR) is 54.4 cm³/mol. The molecule has 1 aromatic carbocycles. The molecule has 0 saturated carbocycles. The van der Waals surface area contributed by atoms with Gasteiger partial charge in [0.1, 0.15) is 5.82 Å². The van der Waals surface area contributed by atoms with Crippen molar-refractivity contribution in [2.24, 2.45) is 0 Å². The summed E-state index contributed by atoms with van der Waals surface area (Å²) < 4.78 is 34.6. The zero-order valence-corrected chi connectivity index (χ0v) is 9.41. The fraction of sp³-hybridized carbons (Fsp3) is 0.333. The average molecular weight is 237 g/mol. The molecule has 0 aliphatic carbocycles. The van der Waals surface area contributed by atoms with E-state index in [9.17, 15) is 12.8 Å². The monoisotopic (exact) mass is 236 g/mol. The summed E-state index contributed by atoms with van der Waals surface area (Å²) in [6, 6.07) is 2.59. The largest absolute Gasteiger partial charge is 0.236 e. The van der Waals surface area contributed by atoms with Gasteiger partial charge in [-0.2, -0.15) is 0 Å². The van der Waals surface area contributed by atoms with E-state index in [0.29, 0.717) is 16.7 Å². The molecule has 1 aromatic rings. The molecule has 1 rings (SSSR count). The fourth-order valence-electron chi connectivity index (χ4n) is 1.34. The second kappa shape index (κ2) is 3.87. The van der Waals surface area contributed by atoms with Gasteiger partial charge in [-0.25, -0.2) is 12.8 Å². The van der Waals surface area contributed by atoms with E-state index in [-0.39, 0.29) is 11.6 Å². The lowest BCUT2D eigenvalue weighted by Gasteiger charge is -2.07. The summed E-state index contributed by atoms with van der Waals surface area (Å²) in [6.07, 6.45) is 0. The van der Waals surface area contributed by atoms with E-state index in [4.69, 9.17) is 10.7 Å². The molecule has 14 heavy (non-hydrogen) atoms. The van der Waals surface area contributed by atoms with Crippen molar-refractivity contribution in [2.75, 3.05) is 0 Å². The van der Waals surface area contributed by atoms with Gasteiger partial charge in [-0.15, -0.1) is 0 Å². The molecule has 2 nitrogen and oxygen atoms in total. The molecule has 0 aliphatic heterocycles. The van der Waals surface area contributed by atoms with Crippen molar-refractivity contribution in [2.45, 2.75) is 19.6 Å². The zero-order chi connectivity index (χ0) is 10.9. The van der Waals surface area contributed by atoms with Crippen LogP contribution < -0.4 is 0 Å². The Labute approximate surface area is 87.1 Å². The maximum absolute atomic E-state index is 12.9. The quantitative estimate of drug-likeness (QED) is 0.740. The van der Waals surface area contributed by atoms with Crippen LogP contribution in [0.4, 0.5) is 4.39 Å². The summed E-state index contributed by atoms with van der Waals surface area (Å²) >= 11 is 0. The van der Waals surface area contributed by atoms with Gasteiger partial charge in [0.05, 0.1) is 5.75 Å². The van der Waals surface area contributed by atoms with Crippen LogP contribution in [0.3, 0.4) is 0 Å². The molecular weight excluding hydrogens is 227 g/mol. The van der Waals surface area contributed by atoms with Crippen LogP contribution in [0.2, 0.25) is 0 Å². The van der Waals surface area contributed by atoms with Crippen molar-refractivity contribution in [3.63, 3.8) is 0 Å². The number of halogens is 2. The molecule has 0 fully saturated rings. The average Bonchev–Trinajstić information content (AvgIpc) is 1.95. The summed E-state index contributed by atoms with van der Waals surface area (Å²) in [5, 5.41) is 0. The van der Waals surface area contributed by atoms with Crippen molar-refractivity contribution in [3.05, 3.63) is 34.6 Å². The number of hydrogen-bond donors (Lipinski definition) is 0. The van der Waals surface area contributed by atoms with Gasteiger partial charge in [0, 0.05) is 10.7 Å². The van der Waals surface area contributed by atoms with Gasteiger partial charge in [-0.3, -0.25) is 0 Å². The van der Waals surface area contributed by atoms with Crippen LogP contribution in [0, 0.1) is 19.7 Å². The molecule has 0 spiro atoms. The first-order valence-electron chi connectivity index (χ1n) is 3.97. The van der Waals surface area contributed by atoms with Gasteiger partial charge in [-0.05, 0) is 42.7 Å². The number of rotatable bonds is 2. The molecule has 0 atom stereocenters. The first-order valence-corrected chi connectivity index (χ1v) is 6.45. The second-order valence-corrected chi connectivity index (χ2v) is 5.98. The van der Waals surface area contributed by atoms with Crippen LogP contribution in [0.25, 0.3) is 0 Å². The molecule has 0 heterocycles. The number of benzene rings is 1. The SMILES string of the molecule is Cc1cc(F)cc(C)c1CS(=O)(=O)Cl. The summed E-state index contributed by atoms with van der Waals surface area (Å²) in [5.41, 5.74) is 1.78. The maximum Gasteiger partial charge on any atom is 0.236 e. The zero-order valence-electron chi connectivity index (χ0n) is 7.84. The third kappa shape index (κ3) is 2.96. The topological polar surface area (TPSA) is 34.1 Å². The highest BCUT2D eigenvalue weighted by Gasteiger charge is 2.12. The molecule has 0 aromatic heterocycles. The highest BCUT2D eigenvalue weighted by molar-refractivity contribution is 8.13. The van der Waals surface area contributed by atoms with Crippen molar-refractivity contribution >= 4 is 19.7 Å². The third-order valence-corrected chi connectivity index (χ3v) is 2.94. The summed E-state index contributed by atoms with van der Waals surface area (Å²) in [6.45, 7) is 3.32. The van der Waals surface area contributed by atoms with E-state index < -0.39 is 9.05 Å². The number of aryl methyl sites for hydroxylation is 2. The standard InChI is InChI=1S/C9H10ClFO2S/c1-6-3-8(11)4-7(2)9(6)5-14(10,12)13/h3-4H,5H2,1-2H3. The van der Waals surface area contributed by atoms with Crippen LogP contribution in [0.5, 0.6) is 0 Å². The third-order valence-electron chi connectivity index (χ3n) is 1.98. The van der Waals surface area contributed by atoms with Crippen LogP contribution in [0.1, 0.15) is 16.7 Å². The molecule has 0 unspecified atom stereocenters. The van der Waals surface area contributed by atoms with Gasteiger partial charge in [0.25, 0.3) is 0 Å². The maximum atomic E-state index is 12.9. The Morgan fingerprint density at radius 1 is 1.29 bits per heavy atom. The number of hydrogen-bond acceptors (Lipinski definition) is 2. The Morgan fingerprint density at radius 2 is 1.71 bits per heavy atom. The first-order chi connectivity index (χ1) is 6.29. The molecule has 0 saturated heterocycles. The van der Waals surface area contributed by atoms with E-state index in [1.54, 1.807) is 13.8 Å². The second-order valence-electron chi connectivity index (χ2n) is 3.20. The van der Waals surface area contributed by atoms with Crippen molar-refractivity contribution in [1.29, 1.82) is 0 Å². The summed E-state index contributed by atoms with van der Waals surface area (Å²) in [7, 11) is 1.54. The molecule has 0 radical (unpaired) electrons. The Morgan fingerprint density at radius 3 is 2.07 bits per heavy atom. The minimum Gasteiger partial charge on any atom is -0.212 e. The first kappa shape index (κ1) is 11.5. The Balaban J connectivity index is 3.22. The van der Waals surface area contributed by atoms with Crippen LogP contribution in [0.15, 0.2) is 12.1 Å². The lowest BCUT2D eigenvalue weighted by molar-refractivity contribution is 0.607. The Hall–Kier alpha value is -0.610. The molecule has 0 N–H and O–H groups in total.